The van der Waals surface area contributed by atoms with E-state index in [1.807, 2.05) is 18.2 Å². The Bertz CT molecular complexity index is 1150. The number of benzene rings is 2. The molecule has 158 valence electrons. The molecule has 2 N–H and O–H groups in total. The number of non-ortho nitro benzene ring substituents is 2. The number of hydrazone groups is 1. The van der Waals surface area contributed by atoms with Crippen LogP contribution in [0.2, 0.25) is 0 Å². The number of nitro benzene ring substituents is 2. The lowest BCUT2D eigenvalue weighted by Crippen LogP contribution is -2.35. The number of hydrogen-bond donors (Lipinski definition) is 1. The van der Waals surface area contributed by atoms with Gasteiger partial charge in [0.1, 0.15) is 0 Å². The van der Waals surface area contributed by atoms with E-state index in [1.54, 1.807) is 17.1 Å². The van der Waals surface area contributed by atoms with Gasteiger partial charge >= 0.3 is 0 Å². The van der Waals surface area contributed by atoms with E-state index < -0.39 is 9.85 Å². The van der Waals surface area contributed by atoms with Crippen molar-refractivity contribution in [3.05, 3.63) is 85.5 Å². The van der Waals surface area contributed by atoms with Gasteiger partial charge < -0.3 is 5.73 Å². The lowest BCUT2D eigenvalue weighted by Gasteiger charge is -2.29. The van der Waals surface area contributed by atoms with Gasteiger partial charge in [-0.3, -0.25) is 20.2 Å². The number of fused-ring (bicyclic) bond motifs is 1. The van der Waals surface area contributed by atoms with E-state index in [-0.39, 0.29) is 28.4 Å². The highest BCUT2D eigenvalue weighted by Gasteiger charge is 2.42. The molecule has 0 saturated heterocycles. The molecular weight excluding hydrogens is 418 g/mol. The first-order valence-corrected chi connectivity index (χ1v) is 10.1. The summed E-state index contributed by atoms with van der Waals surface area (Å²) in [5.74, 6) is -0.0396. The van der Waals surface area contributed by atoms with Crippen molar-refractivity contribution in [2.45, 2.75) is 25.3 Å². The van der Waals surface area contributed by atoms with Gasteiger partial charge in [0.05, 0.1) is 21.6 Å². The van der Waals surface area contributed by atoms with Gasteiger partial charge in [0.15, 0.2) is 5.11 Å². The number of thiocarbonyl (C=S) groups is 1. The average molecular weight is 437 g/mol. The van der Waals surface area contributed by atoms with Gasteiger partial charge in [0.2, 0.25) is 0 Å². The quantitative estimate of drug-likeness (QED) is 0.428. The molecule has 1 heterocycles. The maximum Gasteiger partial charge on any atom is 0.270 e. The second kappa shape index (κ2) is 8.23. The molecule has 10 heteroatoms. The molecule has 2 atom stereocenters. The molecule has 2 aliphatic rings. The number of nitrogens with two attached hydrogens (primary N) is 1. The molecule has 31 heavy (non-hydrogen) atoms. The maximum atomic E-state index is 11.3. The Labute approximate surface area is 183 Å². The summed E-state index contributed by atoms with van der Waals surface area (Å²) >= 11 is 5.22. The summed E-state index contributed by atoms with van der Waals surface area (Å²) in [7, 11) is 0. The van der Waals surface area contributed by atoms with Crippen molar-refractivity contribution in [2.75, 3.05) is 0 Å². The molecule has 0 radical (unpaired) electrons. The van der Waals surface area contributed by atoms with E-state index in [0.29, 0.717) is 5.56 Å². The minimum atomic E-state index is -0.431. The Morgan fingerprint density at radius 3 is 2.48 bits per heavy atom. The second-order valence-corrected chi connectivity index (χ2v) is 7.90. The van der Waals surface area contributed by atoms with Crippen LogP contribution in [0.4, 0.5) is 11.4 Å². The highest BCUT2D eigenvalue weighted by Crippen LogP contribution is 2.44. The summed E-state index contributed by atoms with van der Waals surface area (Å²) in [6.07, 6.45) is 4.40. The van der Waals surface area contributed by atoms with E-state index in [2.05, 4.69) is 5.10 Å². The van der Waals surface area contributed by atoms with Crippen molar-refractivity contribution >= 4 is 40.5 Å². The first-order valence-electron chi connectivity index (χ1n) is 9.72. The molecular formula is C21H19N5O4S. The summed E-state index contributed by atoms with van der Waals surface area (Å²) in [5, 5.41) is 28.7. The van der Waals surface area contributed by atoms with Gasteiger partial charge in [-0.2, -0.15) is 5.10 Å². The Kier molecular flexibility index (Phi) is 5.47. The first kappa shape index (κ1) is 20.6. The van der Waals surface area contributed by atoms with Crippen LogP contribution in [0, 0.1) is 26.1 Å². The summed E-state index contributed by atoms with van der Waals surface area (Å²) in [5.41, 5.74) is 9.20. The predicted octanol–water partition coefficient (Wildman–Crippen LogP) is 4.34. The zero-order valence-corrected chi connectivity index (χ0v) is 17.2. The molecule has 1 saturated carbocycles. The molecule has 2 aromatic rings. The van der Waals surface area contributed by atoms with Crippen LogP contribution in [-0.2, 0) is 0 Å². The highest BCUT2D eigenvalue weighted by molar-refractivity contribution is 7.80. The van der Waals surface area contributed by atoms with Crippen LogP contribution >= 0.6 is 12.2 Å². The third-order valence-corrected chi connectivity index (χ3v) is 5.76. The van der Waals surface area contributed by atoms with Crippen molar-refractivity contribution in [1.29, 1.82) is 0 Å². The fourth-order valence-electron chi connectivity index (χ4n) is 4.27. The van der Waals surface area contributed by atoms with Crippen LogP contribution in [0.15, 0.2) is 59.2 Å². The van der Waals surface area contributed by atoms with Gasteiger partial charge in [0, 0.05) is 30.2 Å². The zero-order chi connectivity index (χ0) is 22.1. The Hall–Kier alpha value is -3.66. The lowest BCUT2D eigenvalue weighted by atomic mass is 9.77. The first-order chi connectivity index (χ1) is 14.8. The van der Waals surface area contributed by atoms with Gasteiger partial charge in [0.25, 0.3) is 11.4 Å². The van der Waals surface area contributed by atoms with Crippen molar-refractivity contribution in [3.63, 3.8) is 0 Å². The van der Waals surface area contributed by atoms with Crippen LogP contribution in [0.1, 0.15) is 36.4 Å². The molecule has 0 aromatic heterocycles. The van der Waals surface area contributed by atoms with Gasteiger partial charge in [-0.05, 0) is 54.3 Å². The van der Waals surface area contributed by atoms with E-state index >= 15 is 0 Å². The average Bonchev–Trinajstić information content (AvgIpc) is 3.15. The third kappa shape index (κ3) is 4.02. The Morgan fingerprint density at radius 1 is 1.13 bits per heavy atom. The molecule has 0 spiro atoms. The zero-order valence-electron chi connectivity index (χ0n) is 16.4. The van der Waals surface area contributed by atoms with Gasteiger partial charge in [-0.15, -0.1) is 0 Å². The molecule has 4 rings (SSSR count). The number of nitrogens with zero attached hydrogens (tertiary/aromatic N) is 4. The molecule has 9 nitrogen and oxygen atoms in total. The van der Waals surface area contributed by atoms with E-state index in [9.17, 15) is 20.2 Å². The SMILES string of the molecule is NC(=S)N1N=C2C(=Cc3cccc([N+](=O)[O-])c3)CCCC2C1c1cccc([N+](=O)[O-])c1. The Morgan fingerprint density at radius 2 is 1.81 bits per heavy atom. The molecule has 2 aromatic carbocycles. The van der Waals surface area contributed by atoms with Crippen LogP contribution in [0.5, 0.6) is 0 Å². The van der Waals surface area contributed by atoms with Crippen molar-refractivity contribution in [1.82, 2.24) is 5.01 Å². The lowest BCUT2D eigenvalue weighted by molar-refractivity contribution is -0.385. The number of rotatable bonds is 4. The molecule has 0 bridgehead atoms. The van der Waals surface area contributed by atoms with E-state index in [0.717, 1.165) is 36.1 Å². The summed E-state index contributed by atoms with van der Waals surface area (Å²) in [6, 6.07) is 12.5. The normalized spacial score (nSPS) is 21.5. The van der Waals surface area contributed by atoms with Crippen molar-refractivity contribution in [3.8, 4) is 0 Å². The summed E-state index contributed by atoms with van der Waals surface area (Å²) in [6.45, 7) is 0. The van der Waals surface area contributed by atoms with Crippen LogP contribution < -0.4 is 5.73 Å². The minimum absolute atomic E-state index is 0.00277. The van der Waals surface area contributed by atoms with Gasteiger partial charge in [-0.25, -0.2) is 5.01 Å². The fraction of sp³-hybridized carbons (Fsp3) is 0.238. The fourth-order valence-corrected chi connectivity index (χ4v) is 4.42. The molecule has 2 unspecified atom stereocenters. The smallest absolute Gasteiger partial charge is 0.270 e. The monoisotopic (exact) mass is 437 g/mol. The van der Waals surface area contributed by atoms with Crippen LogP contribution in [0.3, 0.4) is 0 Å². The number of allylic oxidation sites excluding steroid dienone is 1. The molecule has 1 aliphatic heterocycles. The Balaban J connectivity index is 1.74. The molecule has 1 fully saturated rings. The number of hydrogen-bond acceptors (Lipinski definition) is 6. The predicted molar refractivity (Wildman–Crippen MR) is 120 cm³/mol. The van der Waals surface area contributed by atoms with E-state index in [1.165, 1.54) is 24.3 Å². The minimum Gasteiger partial charge on any atom is -0.375 e. The largest absolute Gasteiger partial charge is 0.375 e. The third-order valence-electron chi connectivity index (χ3n) is 5.57. The highest BCUT2D eigenvalue weighted by atomic mass is 32.1. The number of nitro groups is 2. The van der Waals surface area contributed by atoms with E-state index in [4.69, 9.17) is 18.0 Å². The van der Waals surface area contributed by atoms with Crippen LogP contribution in [-0.4, -0.2) is 25.7 Å². The maximum absolute atomic E-state index is 11.3. The van der Waals surface area contributed by atoms with Gasteiger partial charge in [-0.1, -0.05) is 24.3 Å². The topological polar surface area (TPSA) is 128 Å². The van der Waals surface area contributed by atoms with Crippen LogP contribution in [0.25, 0.3) is 6.08 Å². The molecule has 1 aliphatic carbocycles. The van der Waals surface area contributed by atoms with Crippen molar-refractivity contribution in [2.24, 2.45) is 16.8 Å². The molecule has 0 amide bonds. The summed E-state index contributed by atoms with van der Waals surface area (Å²) < 4.78 is 0. The van der Waals surface area contributed by atoms with Crippen molar-refractivity contribution < 1.29 is 9.85 Å². The standard InChI is InChI=1S/C21H19N5O4S/c22-21(31)24-20(15-6-2-8-17(12-15)26(29)30)18-9-3-5-14(19(18)23-24)10-13-4-1-7-16(11-13)25(27)28/h1-2,4,6-8,10-12,18,20H,3,5,9H2,(H2,22,31). The summed E-state index contributed by atoms with van der Waals surface area (Å²) in [4.78, 5) is 21.5. The second-order valence-electron chi connectivity index (χ2n) is 7.49.